The zero-order valence-electron chi connectivity index (χ0n) is 10.1. The minimum Gasteiger partial charge on any atom is -0.323 e. The molecule has 92 valence electrons. The molecule has 2 nitrogen and oxygen atoms in total. The van der Waals surface area contributed by atoms with Crippen LogP contribution in [-0.4, -0.2) is 10.7 Å². The fraction of sp³-hybridized carbons (Fsp3) is 0.214. The van der Waals surface area contributed by atoms with E-state index in [4.69, 9.17) is 23.2 Å². The second-order valence-electron chi connectivity index (χ2n) is 4.88. The number of hydrogen-bond acceptors (Lipinski definition) is 2. The van der Waals surface area contributed by atoms with E-state index >= 15 is 0 Å². The normalized spacial score (nSPS) is 19.3. The van der Waals surface area contributed by atoms with Gasteiger partial charge in [-0.2, -0.15) is 0 Å². The zero-order chi connectivity index (χ0) is 12.9. The van der Waals surface area contributed by atoms with Crippen LogP contribution in [0.4, 0.5) is 5.69 Å². The maximum Gasteiger partial charge on any atom is 0.133 e. The number of aliphatic imine (C=N–C) groups is 1. The molecule has 0 amide bonds. The zero-order valence-corrected chi connectivity index (χ0v) is 11.6. The van der Waals surface area contributed by atoms with Gasteiger partial charge in [0.2, 0.25) is 0 Å². The smallest absolute Gasteiger partial charge is 0.133 e. The molecule has 0 saturated heterocycles. The molecule has 3 rings (SSSR count). The van der Waals surface area contributed by atoms with E-state index in [1.165, 1.54) is 0 Å². The minimum absolute atomic E-state index is 0.241. The molecule has 2 heterocycles. The summed E-state index contributed by atoms with van der Waals surface area (Å²) in [6.45, 7) is 4.26. The molecule has 0 aliphatic carbocycles. The number of nitrogens with zero attached hydrogens (tertiary/aromatic N) is 2. The van der Waals surface area contributed by atoms with Gasteiger partial charge in [0.25, 0.3) is 0 Å². The summed E-state index contributed by atoms with van der Waals surface area (Å²) in [4.78, 5) is 6.74. The Morgan fingerprint density at radius 1 is 1.17 bits per heavy atom. The molecular formula is C14H12Cl2N2. The van der Waals surface area contributed by atoms with Crippen molar-refractivity contribution in [2.45, 2.75) is 19.4 Å². The summed E-state index contributed by atoms with van der Waals surface area (Å²) in [7, 11) is 0. The average Bonchev–Trinajstić information content (AvgIpc) is 2.27. The molecule has 0 saturated carbocycles. The van der Waals surface area contributed by atoms with Crippen LogP contribution >= 0.6 is 23.2 Å². The Kier molecular flexibility index (Phi) is 2.54. The van der Waals surface area contributed by atoms with Gasteiger partial charge < -0.3 is 4.90 Å². The molecule has 0 bridgehead atoms. The molecule has 0 fully saturated rings. The van der Waals surface area contributed by atoms with Gasteiger partial charge in [-0.15, -0.1) is 0 Å². The van der Waals surface area contributed by atoms with Crippen LogP contribution < -0.4 is 0 Å². The third kappa shape index (κ3) is 1.60. The lowest BCUT2D eigenvalue weighted by molar-refractivity contribution is 0.284. The third-order valence-corrected chi connectivity index (χ3v) is 3.84. The van der Waals surface area contributed by atoms with Crippen molar-refractivity contribution >= 4 is 34.7 Å². The summed E-state index contributed by atoms with van der Waals surface area (Å²) >= 11 is 12.4. The van der Waals surface area contributed by atoms with Crippen molar-refractivity contribution in [3.63, 3.8) is 0 Å². The lowest BCUT2D eigenvalue weighted by Gasteiger charge is -2.43. The molecule has 0 atom stereocenters. The van der Waals surface area contributed by atoms with Gasteiger partial charge in [0.05, 0.1) is 11.2 Å². The molecule has 0 unspecified atom stereocenters. The number of allylic oxidation sites excluding steroid dienone is 2. The highest BCUT2D eigenvalue weighted by molar-refractivity contribution is 6.35. The van der Waals surface area contributed by atoms with E-state index in [0.717, 1.165) is 17.1 Å². The Morgan fingerprint density at radius 3 is 2.72 bits per heavy atom. The molecule has 4 heteroatoms. The Labute approximate surface area is 116 Å². The first kappa shape index (κ1) is 11.8. The second-order valence-corrected chi connectivity index (χ2v) is 5.73. The number of benzene rings is 1. The van der Waals surface area contributed by atoms with E-state index in [0.29, 0.717) is 10.0 Å². The maximum atomic E-state index is 6.34. The van der Waals surface area contributed by atoms with Crippen LogP contribution in [-0.2, 0) is 5.54 Å². The van der Waals surface area contributed by atoms with Crippen molar-refractivity contribution < 1.29 is 0 Å². The van der Waals surface area contributed by atoms with E-state index in [9.17, 15) is 0 Å². The molecule has 0 aromatic heterocycles. The van der Waals surface area contributed by atoms with E-state index < -0.39 is 0 Å². The van der Waals surface area contributed by atoms with Crippen LogP contribution in [0.3, 0.4) is 0 Å². The van der Waals surface area contributed by atoms with Crippen molar-refractivity contribution in [3.05, 3.63) is 52.2 Å². The first-order valence-electron chi connectivity index (χ1n) is 5.72. The number of halogens is 2. The van der Waals surface area contributed by atoms with Crippen LogP contribution in [0.1, 0.15) is 19.4 Å². The van der Waals surface area contributed by atoms with Crippen LogP contribution in [0.25, 0.3) is 0 Å². The topological polar surface area (TPSA) is 15.6 Å². The summed E-state index contributed by atoms with van der Waals surface area (Å²) in [6.07, 6.45) is 7.98. The molecule has 2 aliphatic rings. The predicted octanol–water partition coefficient (Wildman–Crippen LogP) is 4.66. The summed E-state index contributed by atoms with van der Waals surface area (Å²) in [5.74, 6) is 0.910. The Hall–Kier alpha value is -1.25. The highest BCUT2D eigenvalue weighted by atomic mass is 35.5. The molecule has 1 aromatic carbocycles. The molecule has 0 spiro atoms. The summed E-state index contributed by atoms with van der Waals surface area (Å²) < 4.78 is 0. The second kappa shape index (κ2) is 3.87. The molecular weight excluding hydrogens is 267 g/mol. The first-order chi connectivity index (χ1) is 8.50. The van der Waals surface area contributed by atoms with E-state index in [1.807, 2.05) is 30.5 Å². The van der Waals surface area contributed by atoms with Gasteiger partial charge in [-0.05, 0) is 38.1 Å². The lowest BCUT2D eigenvalue weighted by atomic mass is 9.88. The van der Waals surface area contributed by atoms with Crippen molar-refractivity contribution in [1.82, 2.24) is 4.90 Å². The van der Waals surface area contributed by atoms with Gasteiger partial charge in [0.15, 0.2) is 0 Å². The molecule has 2 aliphatic heterocycles. The molecule has 0 radical (unpaired) electrons. The third-order valence-electron chi connectivity index (χ3n) is 3.32. The fourth-order valence-corrected chi connectivity index (χ4v) is 3.21. The molecule has 18 heavy (non-hydrogen) atoms. The van der Waals surface area contributed by atoms with Gasteiger partial charge in [-0.25, -0.2) is 4.99 Å². The monoisotopic (exact) mass is 278 g/mol. The Bertz CT molecular complexity index is 612. The molecule has 1 aromatic rings. The predicted molar refractivity (Wildman–Crippen MR) is 76.7 cm³/mol. The van der Waals surface area contributed by atoms with E-state index in [2.05, 4.69) is 23.7 Å². The number of amidine groups is 1. The lowest BCUT2D eigenvalue weighted by Crippen LogP contribution is -2.44. The standard InChI is InChI=1S/C14H12Cl2N2/c1-14(2)13-10(16)7-9(15)8-11(13)17-12-5-3-4-6-18(12)14/h3-8H,1-2H3. The van der Waals surface area contributed by atoms with Crippen LogP contribution in [0, 0.1) is 0 Å². The van der Waals surface area contributed by atoms with Crippen molar-refractivity contribution in [2.24, 2.45) is 4.99 Å². The molecule has 0 N–H and O–H groups in total. The first-order valence-corrected chi connectivity index (χ1v) is 6.48. The van der Waals surface area contributed by atoms with E-state index in [-0.39, 0.29) is 5.54 Å². The van der Waals surface area contributed by atoms with Gasteiger partial charge in [0, 0.05) is 21.8 Å². The minimum atomic E-state index is -0.241. The van der Waals surface area contributed by atoms with Gasteiger partial charge in [-0.1, -0.05) is 29.3 Å². The summed E-state index contributed by atoms with van der Waals surface area (Å²) in [6, 6.07) is 3.63. The van der Waals surface area contributed by atoms with Crippen molar-refractivity contribution in [1.29, 1.82) is 0 Å². The Morgan fingerprint density at radius 2 is 1.94 bits per heavy atom. The van der Waals surface area contributed by atoms with Crippen molar-refractivity contribution in [2.75, 3.05) is 0 Å². The number of rotatable bonds is 0. The van der Waals surface area contributed by atoms with Crippen molar-refractivity contribution in [3.8, 4) is 0 Å². The summed E-state index contributed by atoms with van der Waals surface area (Å²) in [5.41, 5.74) is 1.62. The van der Waals surface area contributed by atoms with Gasteiger partial charge >= 0.3 is 0 Å². The number of hydrogen-bond donors (Lipinski definition) is 0. The van der Waals surface area contributed by atoms with Gasteiger partial charge in [0.1, 0.15) is 5.84 Å². The van der Waals surface area contributed by atoms with E-state index in [1.54, 1.807) is 6.07 Å². The fourth-order valence-electron chi connectivity index (χ4n) is 2.50. The maximum absolute atomic E-state index is 6.34. The highest BCUT2D eigenvalue weighted by Gasteiger charge is 2.37. The quantitative estimate of drug-likeness (QED) is 0.674. The van der Waals surface area contributed by atoms with Crippen LogP contribution in [0.15, 0.2) is 41.6 Å². The van der Waals surface area contributed by atoms with Crippen LogP contribution in [0.5, 0.6) is 0 Å². The van der Waals surface area contributed by atoms with Gasteiger partial charge in [-0.3, -0.25) is 0 Å². The summed E-state index contributed by atoms with van der Waals surface area (Å²) in [5, 5.41) is 1.27. The number of fused-ring (bicyclic) bond motifs is 2. The SMILES string of the molecule is CC1(C)c2c(Cl)cc(Cl)cc2N=C2C=CC=CN21. The van der Waals surface area contributed by atoms with Crippen LogP contribution in [0.2, 0.25) is 10.0 Å². The largest absolute Gasteiger partial charge is 0.323 e. The Balaban J connectivity index is 2.31. The highest BCUT2D eigenvalue weighted by Crippen LogP contribution is 2.45. The average molecular weight is 279 g/mol.